The molecule has 0 aliphatic rings. The molecule has 0 bridgehead atoms. The van der Waals surface area contributed by atoms with Crippen molar-refractivity contribution in [3.05, 3.63) is 52.5 Å². The summed E-state index contributed by atoms with van der Waals surface area (Å²) in [5, 5.41) is 2.01. The first-order valence-electron chi connectivity index (χ1n) is 8.73. The molecule has 1 aromatic heterocycles. The fraction of sp³-hybridized carbons (Fsp3) is 0.263. The lowest BCUT2D eigenvalue weighted by atomic mass is 10.1. The van der Waals surface area contributed by atoms with Gasteiger partial charge in [0.1, 0.15) is 5.75 Å². The fourth-order valence-electron chi connectivity index (χ4n) is 2.86. The number of nitrogens with one attached hydrogen (secondary N) is 2. The summed E-state index contributed by atoms with van der Waals surface area (Å²) in [4.78, 5) is 16.4. The number of aryl methyl sites for hydroxylation is 1. The third-order valence-electron chi connectivity index (χ3n) is 4.55. The number of amides is 1. The number of para-hydroxylation sites is 1. The number of halogens is 7. The highest BCUT2D eigenvalue weighted by atomic mass is 35.5. The highest BCUT2D eigenvalue weighted by Crippen LogP contribution is 2.45. The summed E-state index contributed by atoms with van der Waals surface area (Å²) in [6.07, 6.45) is -12.0. The Bertz CT molecular complexity index is 1150. The second-order valence-corrected chi connectivity index (χ2v) is 8.00. The molecule has 13 heteroatoms. The predicted octanol–water partition coefficient (Wildman–Crippen LogP) is 5.93. The average Bonchev–Trinajstić information content (AvgIpc) is 3.11. The summed E-state index contributed by atoms with van der Waals surface area (Å²) in [6.45, 7) is 1.53. The summed E-state index contributed by atoms with van der Waals surface area (Å²) in [7, 11) is 1.12. The molecular weight excluding hydrogens is 484 g/mol. The largest absolute Gasteiger partial charge is 0.496 e. The molecule has 2 aromatic carbocycles. The maximum Gasteiger partial charge on any atom is 0.439 e. The molecule has 0 atom stereocenters. The molecule has 0 spiro atoms. The van der Waals surface area contributed by atoms with Gasteiger partial charge in [0.05, 0.1) is 22.9 Å². The van der Waals surface area contributed by atoms with E-state index in [0.29, 0.717) is 21.6 Å². The third-order valence-corrected chi connectivity index (χ3v) is 5.89. The molecule has 32 heavy (non-hydrogen) atoms. The fourth-order valence-corrected chi connectivity index (χ4v) is 3.99. The van der Waals surface area contributed by atoms with Gasteiger partial charge in [0.2, 0.25) is 0 Å². The number of nitrogens with zero attached hydrogens (tertiary/aromatic N) is 1. The number of carbonyl (C=O) groups is 1. The van der Waals surface area contributed by atoms with Gasteiger partial charge in [0, 0.05) is 5.02 Å². The van der Waals surface area contributed by atoms with Gasteiger partial charge in [0.25, 0.3) is 5.91 Å². The molecule has 0 radical (unpaired) electrons. The van der Waals surface area contributed by atoms with Crippen LogP contribution in [0.5, 0.6) is 5.75 Å². The van der Waals surface area contributed by atoms with E-state index in [1.807, 2.05) is 0 Å². The van der Waals surface area contributed by atoms with Crippen molar-refractivity contribution >= 4 is 44.2 Å². The van der Waals surface area contributed by atoms with E-state index in [-0.39, 0.29) is 16.3 Å². The van der Waals surface area contributed by atoms with Crippen molar-refractivity contribution in [2.75, 3.05) is 12.4 Å². The van der Waals surface area contributed by atoms with E-state index >= 15 is 0 Å². The van der Waals surface area contributed by atoms with Crippen LogP contribution in [-0.4, -0.2) is 36.0 Å². The number of anilines is 1. The molecule has 0 saturated heterocycles. The lowest BCUT2D eigenvalue weighted by Gasteiger charge is -2.38. The maximum absolute atomic E-state index is 13.9. The second-order valence-electron chi connectivity index (χ2n) is 6.56. The lowest BCUT2D eigenvalue weighted by molar-refractivity contribution is -0.294. The normalized spacial score (nSPS) is 12.7. The molecule has 1 heterocycles. The molecule has 3 aromatic rings. The first-order valence-corrected chi connectivity index (χ1v) is 9.93. The second kappa shape index (κ2) is 8.32. The van der Waals surface area contributed by atoms with Gasteiger partial charge in [-0.05, 0) is 36.8 Å². The Morgan fingerprint density at radius 2 is 1.69 bits per heavy atom. The van der Waals surface area contributed by atoms with E-state index in [4.69, 9.17) is 16.3 Å². The van der Waals surface area contributed by atoms with Crippen LogP contribution in [0.1, 0.15) is 15.9 Å². The van der Waals surface area contributed by atoms with Crippen LogP contribution in [-0.2, 0) is 0 Å². The number of hydrogen-bond acceptors (Lipinski definition) is 5. The number of fused-ring (bicyclic) bond motifs is 1. The zero-order valence-corrected chi connectivity index (χ0v) is 17.9. The van der Waals surface area contributed by atoms with Crippen molar-refractivity contribution in [2.45, 2.75) is 24.9 Å². The Morgan fingerprint density at radius 3 is 2.28 bits per heavy atom. The van der Waals surface area contributed by atoms with Crippen LogP contribution in [0, 0.1) is 6.92 Å². The monoisotopic (exact) mass is 497 g/mol. The third kappa shape index (κ3) is 4.16. The van der Waals surface area contributed by atoms with Crippen molar-refractivity contribution in [3.63, 3.8) is 0 Å². The van der Waals surface area contributed by atoms with Crippen LogP contribution in [0.4, 0.5) is 31.5 Å². The van der Waals surface area contributed by atoms with Crippen molar-refractivity contribution in [1.29, 1.82) is 0 Å². The van der Waals surface area contributed by atoms with Gasteiger partial charge in [-0.25, -0.2) is 4.98 Å². The SMILES string of the molecule is COc1ccccc1C(=O)NC(Nc1nc2c(C)c(Cl)ccc2s1)(C(F)(F)F)C(F)(F)F. The molecule has 5 nitrogen and oxygen atoms in total. The molecule has 1 amide bonds. The van der Waals surface area contributed by atoms with Crippen molar-refractivity contribution in [3.8, 4) is 5.75 Å². The minimum atomic E-state index is -5.99. The summed E-state index contributed by atoms with van der Waals surface area (Å²) < 4.78 is 88.8. The summed E-state index contributed by atoms with van der Waals surface area (Å²) in [5.74, 6) is -1.85. The van der Waals surface area contributed by atoms with E-state index < -0.39 is 34.6 Å². The summed E-state index contributed by atoms with van der Waals surface area (Å²) in [6, 6.07) is 7.81. The number of aromatic nitrogens is 1. The van der Waals surface area contributed by atoms with Crippen LogP contribution < -0.4 is 15.4 Å². The number of alkyl halides is 6. The Kier molecular flexibility index (Phi) is 6.22. The van der Waals surface area contributed by atoms with E-state index in [1.54, 1.807) is 0 Å². The molecule has 0 aliphatic heterocycles. The van der Waals surface area contributed by atoms with Crippen LogP contribution in [0.15, 0.2) is 36.4 Å². The van der Waals surface area contributed by atoms with E-state index in [9.17, 15) is 31.1 Å². The van der Waals surface area contributed by atoms with Crippen molar-refractivity contribution < 1.29 is 35.9 Å². The smallest absolute Gasteiger partial charge is 0.439 e. The number of methoxy groups -OCH3 is 1. The van der Waals surface area contributed by atoms with Gasteiger partial charge < -0.3 is 15.4 Å². The molecule has 2 N–H and O–H groups in total. The topological polar surface area (TPSA) is 63.2 Å². The molecule has 3 rings (SSSR count). The standard InChI is InChI=1S/C19H14ClF6N3O2S/c1-9-11(20)7-8-13-14(9)27-16(32-13)29-17(18(21,22)23,19(24,25)26)28-15(30)10-5-3-4-6-12(10)31-2/h3-8H,1-2H3,(H,27,29)(H,28,30). The maximum atomic E-state index is 13.9. The first kappa shape index (κ1) is 23.9. The highest BCUT2D eigenvalue weighted by molar-refractivity contribution is 7.22. The summed E-state index contributed by atoms with van der Waals surface area (Å²) in [5.41, 5.74) is -4.82. The minimum absolute atomic E-state index is 0.138. The van der Waals surface area contributed by atoms with Gasteiger partial charge in [-0.3, -0.25) is 4.79 Å². The van der Waals surface area contributed by atoms with Crippen LogP contribution in [0.3, 0.4) is 0 Å². The number of ether oxygens (including phenoxy) is 1. The zero-order chi connectivity index (χ0) is 23.9. The van der Waals surface area contributed by atoms with Crippen LogP contribution in [0.25, 0.3) is 10.2 Å². The van der Waals surface area contributed by atoms with E-state index in [0.717, 1.165) is 18.5 Å². The Hall–Kier alpha value is -2.73. The predicted molar refractivity (Wildman–Crippen MR) is 108 cm³/mol. The Morgan fingerprint density at radius 1 is 1.06 bits per heavy atom. The van der Waals surface area contributed by atoms with Crippen molar-refractivity contribution in [1.82, 2.24) is 10.3 Å². The van der Waals surface area contributed by atoms with Gasteiger partial charge in [-0.1, -0.05) is 35.1 Å². The molecule has 172 valence electrons. The minimum Gasteiger partial charge on any atom is -0.496 e. The van der Waals surface area contributed by atoms with Gasteiger partial charge in [-0.15, -0.1) is 0 Å². The first-order chi connectivity index (χ1) is 14.8. The lowest BCUT2D eigenvalue weighted by Crippen LogP contribution is -2.72. The van der Waals surface area contributed by atoms with Gasteiger partial charge >= 0.3 is 18.0 Å². The average molecular weight is 498 g/mol. The summed E-state index contributed by atoms with van der Waals surface area (Å²) >= 11 is 6.51. The van der Waals surface area contributed by atoms with Crippen LogP contribution >= 0.6 is 22.9 Å². The van der Waals surface area contributed by atoms with Gasteiger partial charge in [-0.2, -0.15) is 26.3 Å². The molecule has 0 aliphatic carbocycles. The Balaban J connectivity index is 2.11. The zero-order valence-electron chi connectivity index (χ0n) is 16.3. The molecule has 0 saturated carbocycles. The number of carbonyl (C=O) groups excluding carboxylic acids is 1. The number of benzene rings is 2. The molecule has 0 fully saturated rings. The van der Waals surface area contributed by atoms with Gasteiger partial charge in [0.15, 0.2) is 5.13 Å². The van der Waals surface area contributed by atoms with Crippen LogP contribution in [0.2, 0.25) is 5.02 Å². The number of hydrogen-bond donors (Lipinski definition) is 2. The van der Waals surface area contributed by atoms with E-state index in [2.05, 4.69) is 4.98 Å². The Labute approximate surface area is 186 Å². The number of thiazole rings is 1. The molecule has 0 unspecified atom stereocenters. The number of rotatable bonds is 5. The quantitative estimate of drug-likeness (QED) is 0.339. The van der Waals surface area contributed by atoms with E-state index in [1.165, 1.54) is 42.6 Å². The molecular formula is C19H14ClF6N3O2S. The highest BCUT2D eigenvalue weighted by Gasteiger charge is 2.73. The van der Waals surface area contributed by atoms with Crippen molar-refractivity contribution in [2.24, 2.45) is 0 Å².